The minimum Gasteiger partial charge on any atom is -0.357 e. The van der Waals surface area contributed by atoms with Crippen LogP contribution in [0.4, 0.5) is 0 Å². The molecule has 0 spiro atoms. The minimum atomic E-state index is 0.287. The SMILES string of the molecule is CC(Cl)CCc1ccn(C)c1. The van der Waals surface area contributed by atoms with E-state index in [0.29, 0.717) is 0 Å². The molecular weight excluding hydrogens is 158 g/mol. The molecule has 0 amide bonds. The lowest BCUT2D eigenvalue weighted by Gasteiger charge is -1.99. The summed E-state index contributed by atoms with van der Waals surface area (Å²) in [7, 11) is 2.04. The van der Waals surface area contributed by atoms with Crippen molar-refractivity contribution < 1.29 is 0 Å². The Morgan fingerprint density at radius 1 is 1.64 bits per heavy atom. The van der Waals surface area contributed by atoms with Gasteiger partial charge >= 0.3 is 0 Å². The van der Waals surface area contributed by atoms with E-state index in [4.69, 9.17) is 11.6 Å². The van der Waals surface area contributed by atoms with Crippen LogP contribution in [-0.2, 0) is 13.5 Å². The topological polar surface area (TPSA) is 4.93 Å². The second-order valence-electron chi connectivity index (χ2n) is 3.00. The number of hydrogen-bond acceptors (Lipinski definition) is 0. The maximum absolute atomic E-state index is 5.83. The number of rotatable bonds is 3. The van der Waals surface area contributed by atoms with Crippen molar-refractivity contribution in [3.63, 3.8) is 0 Å². The van der Waals surface area contributed by atoms with Crippen LogP contribution in [0.2, 0.25) is 0 Å². The lowest BCUT2D eigenvalue weighted by molar-refractivity contribution is 0.799. The molecular formula is C9H14ClN. The van der Waals surface area contributed by atoms with Gasteiger partial charge in [0.2, 0.25) is 0 Å². The zero-order chi connectivity index (χ0) is 8.27. The molecule has 1 rings (SSSR count). The maximum atomic E-state index is 5.83. The third kappa shape index (κ3) is 2.98. The van der Waals surface area contributed by atoms with Crippen molar-refractivity contribution in [2.24, 2.45) is 7.05 Å². The van der Waals surface area contributed by atoms with Gasteiger partial charge in [0.1, 0.15) is 0 Å². The van der Waals surface area contributed by atoms with Crippen molar-refractivity contribution in [1.29, 1.82) is 0 Å². The van der Waals surface area contributed by atoms with E-state index in [0.717, 1.165) is 12.8 Å². The highest BCUT2D eigenvalue weighted by Gasteiger charge is 1.98. The zero-order valence-electron chi connectivity index (χ0n) is 7.05. The fraction of sp³-hybridized carbons (Fsp3) is 0.556. The van der Waals surface area contributed by atoms with Crippen molar-refractivity contribution >= 4 is 11.6 Å². The van der Waals surface area contributed by atoms with E-state index in [-0.39, 0.29) is 5.38 Å². The van der Waals surface area contributed by atoms with E-state index < -0.39 is 0 Å². The van der Waals surface area contributed by atoms with E-state index in [9.17, 15) is 0 Å². The molecule has 0 N–H and O–H groups in total. The average Bonchev–Trinajstić information content (AvgIpc) is 2.31. The highest BCUT2D eigenvalue weighted by molar-refractivity contribution is 6.20. The predicted molar refractivity (Wildman–Crippen MR) is 49.0 cm³/mol. The third-order valence-corrected chi connectivity index (χ3v) is 1.94. The Morgan fingerprint density at radius 2 is 2.36 bits per heavy atom. The minimum absolute atomic E-state index is 0.287. The summed E-state index contributed by atoms with van der Waals surface area (Å²) in [4.78, 5) is 0. The molecule has 0 bridgehead atoms. The third-order valence-electron chi connectivity index (χ3n) is 1.72. The Labute approximate surface area is 73.0 Å². The summed E-state index contributed by atoms with van der Waals surface area (Å²) in [5.74, 6) is 0. The molecule has 0 radical (unpaired) electrons. The van der Waals surface area contributed by atoms with Crippen LogP contribution in [0, 0.1) is 0 Å². The predicted octanol–water partition coefficient (Wildman–Crippen LogP) is 2.59. The zero-order valence-corrected chi connectivity index (χ0v) is 7.80. The molecule has 0 aliphatic rings. The van der Waals surface area contributed by atoms with Crippen LogP contribution in [0.1, 0.15) is 18.9 Å². The molecule has 62 valence electrons. The van der Waals surface area contributed by atoms with Crippen LogP contribution in [-0.4, -0.2) is 9.94 Å². The van der Waals surface area contributed by atoms with Gasteiger partial charge in [-0.05, 0) is 31.4 Å². The second-order valence-corrected chi connectivity index (χ2v) is 3.75. The molecule has 0 aliphatic heterocycles. The number of halogens is 1. The number of hydrogen-bond donors (Lipinski definition) is 0. The number of aromatic nitrogens is 1. The number of nitrogens with zero attached hydrogens (tertiary/aromatic N) is 1. The van der Waals surface area contributed by atoms with Gasteiger partial charge in [0.25, 0.3) is 0 Å². The van der Waals surface area contributed by atoms with Gasteiger partial charge in [-0.2, -0.15) is 0 Å². The van der Waals surface area contributed by atoms with Crippen LogP contribution in [0.5, 0.6) is 0 Å². The lowest BCUT2D eigenvalue weighted by Crippen LogP contribution is -1.93. The molecule has 0 saturated heterocycles. The van der Waals surface area contributed by atoms with Gasteiger partial charge in [-0.25, -0.2) is 0 Å². The lowest BCUT2D eigenvalue weighted by atomic mass is 10.1. The Morgan fingerprint density at radius 3 is 2.82 bits per heavy atom. The first kappa shape index (κ1) is 8.66. The van der Waals surface area contributed by atoms with Crippen molar-refractivity contribution in [3.8, 4) is 0 Å². The summed E-state index contributed by atoms with van der Waals surface area (Å²) in [6, 6.07) is 2.14. The molecule has 11 heavy (non-hydrogen) atoms. The molecule has 1 aromatic heterocycles. The molecule has 1 unspecified atom stereocenters. The van der Waals surface area contributed by atoms with Gasteiger partial charge in [0.05, 0.1) is 0 Å². The first-order valence-corrected chi connectivity index (χ1v) is 4.37. The van der Waals surface area contributed by atoms with E-state index in [1.165, 1.54) is 5.56 Å². The van der Waals surface area contributed by atoms with Crippen molar-refractivity contribution in [1.82, 2.24) is 4.57 Å². The van der Waals surface area contributed by atoms with Crippen LogP contribution in [0.25, 0.3) is 0 Å². The summed E-state index contributed by atoms with van der Waals surface area (Å²) < 4.78 is 2.06. The molecule has 1 atom stereocenters. The molecule has 2 heteroatoms. The van der Waals surface area contributed by atoms with Crippen LogP contribution < -0.4 is 0 Å². The van der Waals surface area contributed by atoms with E-state index in [2.05, 4.69) is 23.0 Å². The van der Waals surface area contributed by atoms with Gasteiger partial charge in [-0.1, -0.05) is 0 Å². The summed E-state index contributed by atoms with van der Waals surface area (Å²) >= 11 is 5.83. The molecule has 1 heterocycles. The average molecular weight is 172 g/mol. The highest BCUT2D eigenvalue weighted by atomic mass is 35.5. The second kappa shape index (κ2) is 3.82. The van der Waals surface area contributed by atoms with E-state index >= 15 is 0 Å². The Kier molecular flexibility index (Phi) is 3.01. The van der Waals surface area contributed by atoms with Crippen molar-refractivity contribution in [2.75, 3.05) is 0 Å². The van der Waals surface area contributed by atoms with Crippen LogP contribution in [0.15, 0.2) is 18.5 Å². The monoisotopic (exact) mass is 171 g/mol. The Balaban J connectivity index is 2.39. The largest absolute Gasteiger partial charge is 0.357 e. The first-order valence-electron chi connectivity index (χ1n) is 3.93. The molecule has 0 saturated carbocycles. The molecule has 1 nitrogen and oxygen atoms in total. The summed E-state index contributed by atoms with van der Waals surface area (Å²) in [5, 5.41) is 0.287. The molecule has 0 aromatic carbocycles. The summed E-state index contributed by atoms with van der Waals surface area (Å²) in [6.45, 7) is 2.03. The first-order chi connectivity index (χ1) is 5.18. The normalized spacial score (nSPS) is 13.4. The fourth-order valence-electron chi connectivity index (χ4n) is 1.07. The number of alkyl halides is 1. The maximum Gasteiger partial charge on any atom is 0.0311 e. The Hall–Kier alpha value is -0.430. The molecule has 0 aliphatic carbocycles. The van der Waals surface area contributed by atoms with Gasteiger partial charge in [-0.15, -0.1) is 11.6 Å². The van der Waals surface area contributed by atoms with Crippen LogP contribution in [0.3, 0.4) is 0 Å². The van der Waals surface area contributed by atoms with Crippen molar-refractivity contribution in [2.45, 2.75) is 25.1 Å². The highest BCUT2D eigenvalue weighted by Crippen LogP contribution is 2.08. The smallest absolute Gasteiger partial charge is 0.0311 e. The van der Waals surface area contributed by atoms with Crippen molar-refractivity contribution in [3.05, 3.63) is 24.0 Å². The Bertz CT molecular complexity index is 215. The van der Waals surface area contributed by atoms with E-state index in [1.807, 2.05) is 14.0 Å². The van der Waals surface area contributed by atoms with Gasteiger partial charge in [0.15, 0.2) is 0 Å². The van der Waals surface area contributed by atoms with Gasteiger partial charge < -0.3 is 4.57 Å². The quantitative estimate of drug-likeness (QED) is 0.617. The number of aryl methyl sites for hydroxylation is 2. The van der Waals surface area contributed by atoms with Gasteiger partial charge in [0, 0.05) is 24.8 Å². The van der Waals surface area contributed by atoms with E-state index in [1.54, 1.807) is 0 Å². The standard InChI is InChI=1S/C9H14ClN/c1-8(10)3-4-9-5-6-11(2)7-9/h5-8H,3-4H2,1-2H3. The summed E-state index contributed by atoms with van der Waals surface area (Å²) in [6.07, 6.45) is 6.35. The van der Waals surface area contributed by atoms with Gasteiger partial charge in [-0.3, -0.25) is 0 Å². The molecule has 0 fully saturated rings. The fourth-order valence-corrected chi connectivity index (χ4v) is 1.18. The molecule has 1 aromatic rings. The summed E-state index contributed by atoms with van der Waals surface area (Å²) in [5.41, 5.74) is 1.38. The van der Waals surface area contributed by atoms with Crippen LogP contribution >= 0.6 is 11.6 Å².